The molecular formula is C12H13N3O4. The number of hydrazine groups is 1. The second kappa shape index (κ2) is 4.99. The van der Waals surface area contributed by atoms with Crippen LogP contribution in [0.1, 0.15) is 10.4 Å². The molecule has 0 aliphatic heterocycles. The highest BCUT2D eigenvalue weighted by Gasteiger charge is 2.14. The Hall–Kier alpha value is -2.54. The standard InChI is InChI=1S/C12H13N3O4/c1-18-9-3-6-8(4-10(9)19-2)14-5-7(11(6)16)12(17)15-13/h3-5H,13H2,1-2H3,(H,14,16)(H,15,17). The maximum absolute atomic E-state index is 12.2. The predicted molar refractivity (Wildman–Crippen MR) is 69.3 cm³/mol. The van der Waals surface area contributed by atoms with Crippen LogP contribution in [0.25, 0.3) is 10.9 Å². The third-order valence-electron chi connectivity index (χ3n) is 2.76. The monoisotopic (exact) mass is 263 g/mol. The normalized spacial score (nSPS) is 10.3. The number of amides is 1. The minimum Gasteiger partial charge on any atom is -0.493 e. The van der Waals surface area contributed by atoms with Gasteiger partial charge in [0.2, 0.25) is 5.43 Å². The SMILES string of the molecule is COc1cc2[nH]cc(C(=O)NN)c(=O)c2cc1OC. The highest BCUT2D eigenvalue weighted by atomic mass is 16.5. The Kier molecular flexibility index (Phi) is 3.39. The minimum atomic E-state index is -0.655. The van der Waals surface area contributed by atoms with Crippen molar-refractivity contribution in [2.45, 2.75) is 0 Å². The molecule has 7 heteroatoms. The van der Waals surface area contributed by atoms with Crippen molar-refractivity contribution in [2.75, 3.05) is 14.2 Å². The number of pyridine rings is 1. The van der Waals surface area contributed by atoms with Gasteiger partial charge in [-0.15, -0.1) is 0 Å². The van der Waals surface area contributed by atoms with Gasteiger partial charge in [-0.2, -0.15) is 0 Å². The molecule has 7 nitrogen and oxygen atoms in total. The molecule has 4 N–H and O–H groups in total. The van der Waals surface area contributed by atoms with E-state index in [2.05, 4.69) is 4.98 Å². The van der Waals surface area contributed by atoms with Crippen molar-refractivity contribution in [3.63, 3.8) is 0 Å². The summed E-state index contributed by atoms with van der Waals surface area (Å²) in [6.45, 7) is 0. The summed E-state index contributed by atoms with van der Waals surface area (Å²) in [5.41, 5.74) is 1.96. The molecule has 100 valence electrons. The van der Waals surface area contributed by atoms with Gasteiger partial charge in [-0.05, 0) is 6.07 Å². The first-order chi connectivity index (χ1) is 9.12. The molecule has 2 aromatic rings. The molecule has 0 radical (unpaired) electrons. The van der Waals surface area contributed by atoms with E-state index in [9.17, 15) is 9.59 Å². The Balaban J connectivity index is 2.76. The molecule has 1 amide bonds. The van der Waals surface area contributed by atoms with Gasteiger partial charge in [-0.25, -0.2) is 5.84 Å². The molecule has 0 unspecified atom stereocenters. The van der Waals surface area contributed by atoms with Crippen molar-refractivity contribution < 1.29 is 14.3 Å². The van der Waals surface area contributed by atoms with Crippen molar-refractivity contribution in [3.05, 3.63) is 34.1 Å². The molecule has 0 aliphatic rings. The molecule has 2 rings (SSSR count). The van der Waals surface area contributed by atoms with Crippen molar-refractivity contribution in [1.29, 1.82) is 0 Å². The number of nitrogens with one attached hydrogen (secondary N) is 2. The highest BCUT2D eigenvalue weighted by molar-refractivity contribution is 5.97. The summed E-state index contributed by atoms with van der Waals surface area (Å²) in [5.74, 6) is 5.26. The lowest BCUT2D eigenvalue weighted by molar-refractivity contribution is 0.0952. The number of hydrogen-bond donors (Lipinski definition) is 3. The number of ether oxygens (including phenoxy) is 2. The topological polar surface area (TPSA) is 106 Å². The summed E-state index contributed by atoms with van der Waals surface area (Å²) in [6, 6.07) is 3.14. The molecule has 1 aromatic heterocycles. The lowest BCUT2D eigenvalue weighted by Crippen LogP contribution is -2.33. The van der Waals surface area contributed by atoms with Gasteiger partial charge in [-0.3, -0.25) is 15.0 Å². The second-order valence-corrected chi connectivity index (χ2v) is 3.76. The van der Waals surface area contributed by atoms with Crippen LogP contribution in [0.2, 0.25) is 0 Å². The number of fused-ring (bicyclic) bond motifs is 1. The van der Waals surface area contributed by atoms with Crippen LogP contribution >= 0.6 is 0 Å². The number of nitrogens with two attached hydrogens (primary N) is 1. The van der Waals surface area contributed by atoms with E-state index in [4.69, 9.17) is 15.3 Å². The van der Waals surface area contributed by atoms with Crippen molar-refractivity contribution in [3.8, 4) is 11.5 Å². The largest absolute Gasteiger partial charge is 0.493 e. The Morgan fingerprint density at radius 2 is 1.89 bits per heavy atom. The Labute approximate surface area is 108 Å². The smallest absolute Gasteiger partial charge is 0.270 e. The first-order valence-electron chi connectivity index (χ1n) is 5.40. The zero-order chi connectivity index (χ0) is 14.0. The molecule has 0 aliphatic carbocycles. The van der Waals surface area contributed by atoms with E-state index in [1.54, 1.807) is 6.07 Å². The number of hydrogen-bond acceptors (Lipinski definition) is 5. The van der Waals surface area contributed by atoms with E-state index in [0.29, 0.717) is 22.4 Å². The molecule has 0 spiro atoms. The summed E-state index contributed by atoms with van der Waals surface area (Å²) in [7, 11) is 2.96. The zero-order valence-corrected chi connectivity index (χ0v) is 10.4. The Bertz CT molecular complexity index is 693. The van der Waals surface area contributed by atoms with Crippen molar-refractivity contribution in [1.82, 2.24) is 10.4 Å². The van der Waals surface area contributed by atoms with E-state index >= 15 is 0 Å². The molecule has 0 saturated carbocycles. The number of nitrogen functional groups attached to an aromatic ring is 1. The first kappa shape index (κ1) is 12.9. The third-order valence-corrected chi connectivity index (χ3v) is 2.76. The summed E-state index contributed by atoms with van der Waals surface area (Å²) in [4.78, 5) is 26.5. The summed E-state index contributed by atoms with van der Waals surface area (Å²) >= 11 is 0. The fourth-order valence-corrected chi connectivity index (χ4v) is 1.79. The maximum atomic E-state index is 12.2. The van der Waals surface area contributed by atoms with Crippen LogP contribution in [-0.2, 0) is 0 Å². The number of benzene rings is 1. The number of rotatable bonds is 3. The van der Waals surface area contributed by atoms with E-state index in [1.165, 1.54) is 26.5 Å². The van der Waals surface area contributed by atoms with Crippen LogP contribution in [0, 0.1) is 0 Å². The Morgan fingerprint density at radius 3 is 2.47 bits per heavy atom. The van der Waals surface area contributed by atoms with Crippen LogP contribution in [-0.4, -0.2) is 25.1 Å². The van der Waals surface area contributed by atoms with Crippen LogP contribution in [0.3, 0.4) is 0 Å². The second-order valence-electron chi connectivity index (χ2n) is 3.76. The number of carbonyl (C=O) groups excluding carboxylic acids is 1. The van der Waals surface area contributed by atoms with Gasteiger partial charge >= 0.3 is 0 Å². The first-order valence-corrected chi connectivity index (χ1v) is 5.40. The summed E-state index contributed by atoms with van der Waals surface area (Å²) in [5, 5.41) is 0.318. The molecule has 19 heavy (non-hydrogen) atoms. The molecule has 0 fully saturated rings. The molecule has 0 saturated heterocycles. The number of aromatic amines is 1. The van der Waals surface area contributed by atoms with E-state index in [-0.39, 0.29) is 5.56 Å². The average Bonchev–Trinajstić information content (AvgIpc) is 2.45. The quantitative estimate of drug-likeness (QED) is 0.415. The number of carbonyl (C=O) groups is 1. The van der Waals surface area contributed by atoms with Crippen LogP contribution in [0.5, 0.6) is 11.5 Å². The molecule has 0 atom stereocenters. The molecule has 0 bridgehead atoms. The minimum absolute atomic E-state index is 0.0674. The van der Waals surface area contributed by atoms with E-state index in [0.717, 1.165) is 0 Å². The average molecular weight is 263 g/mol. The lowest BCUT2D eigenvalue weighted by Gasteiger charge is -2.09. The fraction of sp³-hybridized carbons (Fsp3) is 0.167. The van der Waals surface area contributed by atoms with Gasteiger partial charge in [-0.1, -0.05) is 0 Å². The summed E-state index contributed by atoms with van der Waals surface area (Å²) in [6.07, 6.45) is 1.30. The molecule has 1 aromatic carbocycles. The third kappa shape index (κ3) is 2.11. The lowest BCUT2D eigenvalue weighted by atomic mass is 10.1. The predicted octanol–water partition coefficient (Wildman–Crippen LogP) is 0.149. The highest BCUT2D eigenvalue weighted by Crippen LogP contribution is 2.29. The Morgan fingerprint density at radius 1 is 1.26 bits per heavy atom. The van der Waals surface area contributed by atoms with Gasteiger partial charge in [0.25, 0.3) is 5.91 Å². The fourth-order valence-electron chi connectivity index (χ4n) is 1.79. The molecular weight excluding hydrogens is 250 g/mol. The van der Waals surface area contributed by atoms with Crippen molar-refractivity contribution >= 4 is 16.8 Å². The van der Waals surface area contributed by atoms with Crippen LogP contribution in [0.4, 0.5) is 0 Å². The van der Waals surface area contributed by atoms with E-state index in [1.807, 2.05) is 5.43 Å². The van der Waals surface area contributed by atoms with Gasteiger partial charge in [0.05, 0.1) is 25.1 Å². The number of H-pyrrole nitrogens is 1. The summed E-state index contributed by atoms with van der Waals surface area (Å²) < 4.78 is 10.3. The maximum Gasteiger partial charge on any atom is 0.270 e. The number of aromatic nitrogens is 1. The van der Waals surface area contributed by atoms with Gasteiger partial charge in [0, 0.05) is 12.3 Å². The van der Waals surface area contributed by atoms with Crippen molar-refractivity contribution in [2.24, 2.45) is 5.84 Å². The van der Waals surface area contributed by atoms with E-state index < -0.39 is 11.3 Å². The van der Waals surface area contributed by atoms with Gasteiger partial charge in [0.15, 0.2) is 11.5 Å². The van der Waals surface area contributed by atoms with Crippen LogP contribution < -0.4 is 26.2 Å². The van der Waals surface area contributed by atoms with Gasteiger partial charge < -0.3 is 14.5 Å². The van der Waals surface area contributed by atoms with Crippen LogP contribution in [0.15, 0.2) is 23.1 Å². The number of methoxy groups -OCH3 is 2. The zero-order valence-electron chi connectivity index (χ0n) is 10.4. The molecule has 1 heterocycles. The van der Waals surface area contributed by atoms with Gasteiger partial charge in [0.1, 0.15) is 5.56 Å².